The zero-order valence-electron chi connectivity index (χ0n) is 12.8. The van der Waals surface area contributed by atoms with Crippen LogP contribution in [-0.4, -0.2) is 34.1 Å². The molecule has 0 aliphatic rings. The molecule has 2 aromatic heterocycles. The van der Waals surface area contributed by atoms with Crippen molar-refractivity contribution in [1.82, 2.24) is 20.4 Å². The Morgan fingerprint density at radius 2 is 2.22 bits per heavy atom. The van der Waals surface area contributed by atoms with E-state index in [2.05, 4.69) is 20.4 Å². The van der Waals surface area contributed by atoms with Crippen LogP contribution in [0.2, 0.25) is 0 Å². The third-order valence-electron chi connectivity index (χ3n) is 2.81. The molecule has 2 rings (SSSR count). The highest BCUT2D eigenvalue weighted by Crippen LogP contribution is 2.24. The first-order valence-electron chi connectivity index (χ1n) is 6.78. The van der Waals surface area contributed by atoms with E-state index in [1.165, 1.54) is 19.2 Å². The zero-order valence-corrected chi connectivity index (χ0v) is 12.8. The summed E-state index contributed by atoms with van der Waals surface area (Å²) in [4.78, 5) is 19.2. The van der Waals surface area contributed by atoms with Crippen molar-refractivity contribution in [2.75, 3.05) is 6.61 Å². The van der Waals surface area contributed by atoms with Gasteiger partial charge in [-0.3, -0.25) is 4.79 Å². The van der Waals surface area contributed by atoms with Crippen LogP contribution in [0.4, 0.5) is 8.78 Å². The largest absolute Gasteiger partial charge is 0.472 e. The van der Waals surface area contributed by atoms with Crippen molar-refractivity contribution in [2.45, 2.75) is 32.7 Å². The number of pyridine rings is 1. The van der Waals surface area contributed by atoms with Crippen LogP contribution in [0.15, 0.2) is 22.9 Å². The fourth-order valence-electron chi connectivity index (χ4n) is 1.86. The summed E-state index contributed by atoms with van der Waals surface area (Å²) in [5.74, 6) is 0.258. The number of rotatable bonds is 6. The first kappa shape index (κ1) is 16.8. The van der Waals surface area contributed by atoms with E-state index in [0.29, 0.717) is 5.56 Å². The molecule has 0 atom stereocenters. The Hall–Kier alpha value is -2.58. The summed E-state index contributed by atoms with van der Waals surface area (Å²) in [5, 5.41) is 6.54. The van der Waals surface area contributed by atoms with Crippen molar-refractivity contribution in [3.05, 3.63) is 24.2 Å². The topological polar surface area (TPSA) is 90.1 Å². The standard InChI is InChI=1S/C14H16F2N4O3/c1-8(21)19-14(2,3)13-18-12(23-20-13)9-4-5-17-11(6-9)22-7-10(15)16/h4-6,10H,7H2,1-3H3,(H,19,21). The molecule has 0 aliphatic carbocycles. The van der Waals surface area contributed by atoms with Gasteiger partial charge in [-0.25, -0.2) is 13.8 Å². The highest BCUT2D eigenvalue weighted by atomic mass is 19.3. The van der Waals surface area contributed by atoms with E-state index >= 15 is 0 Å². The molecule has 0 aromatic carbocycles. The molecule has 7 nitrogen and oxygen atoms in total. The maximum absolute atomic E-state index is 12.2. The lowest BCUT2D eigenvalue weighted by molar-refractivity contribution is -0.120. The summed E-state index contributed by atoms with van der Waals surface area (Å²) >= 11 is 0. The van der Waals surface area contributed by atoms with Crippen molar-refractivity contribution in [3.63, 3.8) is 0 Å². The van der Waals surface area contributed by atoms with Crippen LogP contribution in [0, 0.1) is 0 Å². The predicted octanol–water partition coefficient (Wildman–Crippen LogP) is 2.15. The van der Waals surface area contributed by atoms with Crippen LogP contribution in [0.5, 0.6) is 5.88 Å². The lowest BCUT2D eigenvalue weighted by atomic mass is 10.1. The SMILES string of the molecule is CC(=O)NC(C)(C)c1noc(-c2ccnc(OCC(F)F)c2)n1. The molecule has 0 aliphatic heterocycles. The predicted molar refractivity (Wildman–Crippen MR) is 75.9 cm³/mol. The van der Waals surface area contributed by atoms with Gasteiger partial charge in [-0.2, -0.15) is 4.98 Å². The Bertz CT molecular complexity index is 688. The Morgan fingerprint density at radius 3 is 2.87 bits per heavy atom. The van der Waals surface area contributed by atoms with Gasteiger partial charge in [0.2, 0.25) is 11.8 Å². The Labute approximate surface area is 131 Å². The van der Waals surface area contributed by atoms with Crippen molar-refractivity contribution in [1.29, 1.82) is 0 Å². The number of carbonyl (C=O) groups excluding carboxylic acids is 1. The molecule has 9 heteroatoms. The van der Waals surface area contributed by atoms with Crippen molar-refractivity contribution >= 4 is 5.91 Å². The van der Waals surface area contributed by atoms with E-state index in [1.54, 1.807) is 19.9 Å². The number of hydrogen-bond donors (Lipinski definition) is 1. The summed E-state index contributed by atoms with van der Waals surface area (Å²) < 4.78 is 34.3. The van der Waals surface area contributed by atoms with Gasteiger partial charge in [0.1, 0.15) is 0 Å². The molecule has 0 fully saturated rings. The molecule has 0 bridgehead atoms. The van der Waals surface area contributed by atoms with Gasteiger partial charge in [0, 0.05) is 24.8 Å². The van der Waals surface area contributed by atoms with E-state index in [9.17, 15) is 13.6 Å². The number of carbonyl (C=O) groups is 1. The second-order valence-electron chi connectivity index (χ2n) is 5.31. The van der Waals surface area contributed by atoms with Gasteiger partial charge in [-0.1, -0.05) is 5.16 Å². The molecule has 1 amide bonds. The molecule has 0 radical (unpaired) electrons. The van der Waals surface area contributed by atoms with E-state index in [0.717, 1.165) is 0 Å². The maximum atomic E-state index is 12.2. The van der Waals surface area contributed by atoms with E-state index in [-0.39, 0.29) is 23.5 Å². The van der Waals surface area contributed by atoms with Crippen LogP contribution in [0.25, 0.3) is 11.5 Å². The first-order chi connectivity index (χ1) is 10.8. The second-order valence-corrected chi connectivity index (χ2v) is 5.31. The van der Waals surface area contributed by atoms with Crippen LogP contribution in [0.1, 0.15) is 26.6 Å². The molecule has 0 saturated heterocycles. The normalized spacial score (nSPS) is 11.6. The number of nitrogens with zero attached hydrogens (tertiary/aromatic N) is 3. The molecule has 23 heavy (non-hydrogen) atoms. The molecule has 124 valence electrons. The van der Waals surface area contributed by atoms with Crippen LogP contribution in [-0.2, 0) is 10.3 Å². The quantitative estimate of drug-likeness (QED) is 0.875. The number of alkyl halides is 2. The minimum absolute atomic E-state index is 0.0312. The summed E-state index contributed by atoms with van der Waals surface area (Å²) in [7, 11) is 0. The highest BCUT2D eigenvalue weighted by molar-refractivity contribution is 5.73. The van der Waals surface area contributed by atoms with Crippen molar-refractivity contribution < 1.29 is 22.8 Å². The molecule has 1 N–H and O–H groups in total. The third-order valence-corrected chi connectivity index (χ3v) is 2.81. The molecule has 0 unspecified atom stereocenters. The average molecular weight is 326 g/mol. The fraction of sp³-hybridized carbons (Fsp3) is 0.429. The first-order valence-corrected chi connectivity index (χ1v) is 6.78. The Morgan fingerprint density at radius 1 is 1.48 bits per heavy atom. The number of amides is 1. The molecular weight excluding hydrogens is 310 g/mol. The van der Waals surface area contributed by atoms with Crippen LogP contribution >= 0.6 is 0 Å². The van der Waals surface area contributed by atoms with Crippen molar-refractivity contribution in [2.24, 2.45) is 0 Å². The van der Waals surface area contributed by atoms with Gasteiger partial charge in [0.05, 0.1) is 5.54 Å². The third kappa shape index (κ3) is 4.44. The Kier molecular flexibility index (Phi) is 4.87. The second kappa shape index (κ2) is 6.67. The summed E-state index contributed by atoms with van der Waals surface area (Å²) in [5.41, 5.74) is -0.336. The molecule has 2 aromatic rings. The molecule has 0 saturated carbocycles. The highest BCUT2D eigenvalue weighted by Gasteiger charge is 2.28. The lowest BCUT2D eigenvalue weighted by Gasteiger charge is -2.20. The summed E-state index contributed by atoms with van der Waals surface area (Å²) in [6.07, 6.45) is -1.20. The van der Waals surface area contributed by atoms with Crippen LogP contribution < -0.4 is 10.1 Å². The monoisotopic (exact) mass is 326 g/mol. The molecular formula is C14H16F2N4O3. The number of ether oxygens (including phenoxy) is 1. The fourth-order valence-corrected chi connectivity index (χ4v) is 1.86. The minimum Gasteiger partial charge on any atom is -0.472 e. The number of nitrogens with one attached hydrogen (secondary N) is 1. The zero-order chi connectivity index (χ0) is 17.0. The lowest BCUT2D eigenvalue weighted by Crippen LogP contribution is -2.40. The molecule has 0 spiro atoms. The van der Waals surface area contributed by atoms with Crippen molar-refractivity contribution in [3.8, 4) is 17.3 Å². The number of hydrogen-bond acceptors (Lipinski definition) is 6. The number of halogens is 2. The maximum Gasteiger partial charge on any atom is 0.272 e. The van der Waals surface area contributed by atoms with E-state index in [4.69, 9.17) is 9.26 Å². The average Bonchev–Trinajstić information content (AvgIpc) is 2.95. The van der Waals surface area contributed by atoms with Gasteiger partial charge in [-0.15, -0.1) is 0 Å². The van der Waals surface area contributed by atoms with Crippen LogP contribution in [0.3, 0.4) is 0 Å². The van der Waals surface area contributed by atoms with Gasteiger partial charge >= 0.3 is 0 Å². The van der Waals surface area contributed by atoms with E-state index < -0.39 is 18.6 Å². The van der Waals surface area contributed by atoms with Gasteiger partial charge in [-0.05, 0) is 19.9 Å². The number of aromatic nitrogens is 3. The van der Waals surface area contributed by atoms with Gasteiger partial charge < -0.3 is 14.6 Å². The Balaban J connectivity index is 2.20. The van der Waals surface area contributed by atoms with Gasteiger partial charge in [0.25, 0.3) is 12.3 Å². The smallest absolute Gasteiger partial charge is 0.272 e. The van der Waals surface area contributed by atoms with Gasteiger partial charge in [0.15, 0.2) is 12.4 Å². The van der Waals surface area contributed by atoms with E-state index in [1.807, 2.05) is 0 Å². The summed E-state index contributed by atoms with van der Waals surface area (Å²) in [6, 6.07) is 3.00. The molecule has 2 heterocycles. The summed E-state index contributed by atoms with van der Waals surface area (Å²) in [6.45, 7) is 4.10. The minimum atomic E-state index is -2.59.